The number of hydrogen-bond donors (Lipinski definition) is 2. The van der Waals surface area contributed by atoms with Gasteiger partial charge in [-0.15, -0.1) is 11.8 Å². The van der Waals surface area contributed by atoms with Crippen molar-refractivity contribution in [3.63, 3.8) is 0 Å². The van der Waals surface area contributed by atoms with Gasteiger partial charge in [-0.3, -0.25) is 0 Å². The molecule has 1 fully saturated rings. The summed E-state index contributed by atoms with van der Waals surface area (Å²) >= 11 is 3.75. The van der Waals surface area contributed by atoms with Gasteiger partial charge in [0, 0.05) is 16.3 Å². The molecule has 1 aromatic rings. The highest BCUT2D eigenvalue weighted by atomic mass is 32.2. The second kappa shape index (κ2) is 5.63. The highest BCUT2D eigenvalue weighted by Gasteiger charge is 2.29. The Hall–Kier alpha value is -0.530. The average Bonchev–Trinajstić information content (AvgIpc) is 2.36. The Morgan fingerprint density at radius 3 is 2.67 bits per heavy atom. The zero-order valence-corrected chi connectivity index (χ0v) is 12.2. The molecule has 1 saturated heterocycles. The third kappa shape index (κ3) is 2.73. The van der Waals surface area contributed by atoms with Crippen LogP contribution in [0.2, 0.25) is 0 Å². The summed E-state index contributed by atoms with van der Waals surface area (Å²) in [6.07, 6.45) is 0. The van der Waals surface area contributed by atoms with Gasteiger partial charge in [-0.25, -0.2) is 20.2 Å². The Labute approximate surface area is 115 Å². The summed E-state index contributed by atoms with van der Waals surface area (Å²) in [6.45, 7) is 6.06. The molecule has 18 heavy (non-hydrogen) atoms. The zero-order chi connectivity index (χ0) is 13.3. The minimum absolute atomic E-state index is 0.0781. The van der Waals surface area contributed by atoms with E-state index in [1.807, 2.05) is 23.5 Å². The van der Waals surface area contributed by atoms with Gasteiger partial charge in [-0.2, -0.15) is 11.8 Å². The highest BCUT2D eigenvalue weighted by molar-refractivity contribution is 8.07. The Bertz CT molecular complexity index is 443. The summed E-state index contributed by atoms with van der Waals surface area (Å²) in [7, 11) is 0. The quantitative estimate of drug-likeness (QED) is 0.644. The van der Waals surface area contributed by atoms with Crippen LogP contribution in [-0.4, -0.2) is 26.2 Å². The lowest BCUT2D eigenvalue weighted by molar-refractivity contribution is 0.600. The molecule has 3 atom stereocenters. The van der Waals surface area contributed by atoms with Gasteiger partial charge in [0.15, 0.2) is 11.6 Å². The maximum absolute atomic E-state index is 13.6. The topological polar surface area (TPSA) is 63.8 Å². The molecule has 1 aliphatic rings. The van der Waals surface area contributed by atoms with Crippen molar-refractivity contribution in [3.8, 4) is 0 Å². The first-order valence-electron chi connectivity index (χ1n) is 5.80. The number of nitrogen functional groups attached to an aromatic ring is 1. The SMILES string of the molecule is Cc1nc(C2CSC(C)C(C)S2)nc(NN)c1F. The molecular weight excluding hydrogens is 271 g/mol. The van der Waals surface area contributed by atoms with Crippen LogP contribution < -0.4 is 11.3 Å². The Morgan fingerprint density at radius 2 is 2.06 bits per heavy atom. The number of nitrogens with zero attached hydrogens (tertiary/aromatic N) is 2. The lowest BCUT2D eigenvalue weighted by Gasteiger charge is -2.30. The molecule has 100 valence electrons. The van der Waals surface area contributed by atoms with Crippen LogP contribution in [0.3, 0.4) is 0 Å². The molecule has 0 saturated carbocycles. The van der Waals surface area contributed by atoms with E-state index in [1.165, 1.54) is 0 Å². The van der Waals surface area contributed by atoms with E-state index in [0.717, 1.165) is 5.75 Å². The van der Waals surface area contributed by atoms with Crippen molar-refractivity contribution in [2.45, 2.75) is 36.5 Å². The van der Waals surface area contributed by atoms with Crippen LogP contribution in [-0.2, 0) is 0 Å². The minimum atomic E-state index is -0.476. The van der Waals surface area contributed by atoms with Crippen molar-refractivity contribution in [3.05, 3.63) is 17.3 Å². The molecule has 2 rings (SSSR count). The summed E-state index contributed by atoms with van der Waals surface area (Å²) in [5, 5.41) is 1.37. The van der Waals surface area contributed by atoms with Gasteiger partial charge >= 0.3 is 0 Å². The van der Waals surface area contributed by atoms with E-state index in [-0.39, 0.29) is 11.1 Å². The van der Waals surface area contributed by atoms with Gasteiger partial charge in [0.25, 0.3) is 0 Å². The van der Waals surface area contributed by atoms with E-state index < -0.39 is 5.82 Å². The summed E-state index contributed by atoms with van der Waals surface area (Å²) < 4.78 is 13.6. The number of thioether (sulfide) groups is 2. The lowest BCUT2D eigenvalue weighted by Crippen LogP contribution is -2.24. The fourth-order valence-corrected chi connectivity index (χ4v) is 4.58. The summed E-state index contributed by atoms with van der Waals surface area (Å²) in [5.74, 6) is 6.49. The van der Waals surface area contributed by atoms with E-state index in [0.29, 0.717) is 22.0 Å². The number of rotatable bonds is 2. The maximum atomic E-state index is 13.6. The molecule has 2 heterocycles. The molecule has 0 aromatic carbocycles. The molecule has 1 aromatic heterocycles. The van der Waals surface area contributed by atoms with Crippen LogP contribution in [0.25, 0.3) is 0 Å². The standard InChI is InChI=1S/C11H17FN4S2/c1-5-9(12)11(16-13)15-10(14-5)8-4-17-6(2)7(3)18-8/h6-8H,4,13H2,1-3H3,(H,14,15,16). The Kier molecular flexibility index (Phi) is 4.34. The van der Waals surface area contributed by atoms with Crippen molar-refractivity contribution in [2.24, 2.45) is 5.84 Å². The van der Waals surface area contributed by atoms with E-state index in [1.54, 1.807) is 6.92 Å². The van der Waals surface area contributed by atoms with Gasteiger partial charge < -0.3 is 5.43 Å². The molecule has 1 aliphatic heterocycles. The molecule has 0 aliphatic carbocycles. The first-order valence-corrected chi connectivity index (χ1v) is 7.79. The van der Waals surface area contributed by atoms with Gasteiger partial charge in [0.05, 0.1) is 10.9 Å². The van der Waals surface area contributed by atoms with Crippen LogP contribution in [0.4, 0.5) is 10.2 Å². The normalized spacial score (nSPS) is 28.2. The molecule has 7 heteroatoms. The van der Waals surface area contributed by atoms with Gasteiger partial charge in [-0.05, 0) is 6.92 Å². The van der Waals surface area contributed by atoms with E-state index in [9.17, 15) is 4.39 Å². The first kappa shape index (κ1) is 13.9. The number of hydrogen-bond acceptors (Lipinski definition) is 6. The number of nitrogens with two attached hydrogens (primary N) is 1. The molecule has 3 unspecified atom stereocenters. The van der Waals surface area contributed by atoms with Gasteiger partial charge in [0.2, 0.25) is 0 Å². The van der Waals surface area contributed by atoms with Crippen molar-refractivity contribution < 1.29 is 4.39 Å². The molecule has 4 nitrogen and oxygen atoms in total. The molecule has 0 amide bonds. The molecule has 0 spiro atoms. The fraction of sp³-hybridized carbons (Fsp3) is 0.636. The number of nitrogens with one attached hydrogen (secondary N) is 1. The summed E-state index contributed by atoms with van der Waals surface area (Å²) in [5.41, 5.74) is 2.63. The maximum Gasteiger partial charge on any atom is 0.187 e. The van der Waals surface area contributed by atoms with E-state index >= 15 is 0 Å². The predicted molar refractivity (Wildman–Crippen MR) is 76.3 cm³/mol. The second-order valence-electron chi connectivity index (χ2n) is 4.34. The Morgan fingerprint density at radius 1 is 1.33 bits per heavy atom. The molecule has 0 bridgehead atoms. The molecular formula is C11H17FN4S2. The smallest absolute Gasteiger partial charge is 0.187 e. The monoisotopic (exact) mass is 288 g/mol. The average molecular weight is 288 g/mol. The number of anilines is 1. The third-order valence-corrected chi connectivity index (χ3v) is 6.40. The largest absolute Gasteiger partial charge is 0.306 e. The Balaban J connectivity index is 2.26. The van der Waals surface area contributed by atoms with Crippen LogP contribution >= 0.6 is 23.5 Å². The summed E-state index contributed by atoms with van der Waals surface area (Å²) in [6, 6.07) is 0. The van der Waals surface area contributed by atoms with Crippen molar-refractivity contribution in [1.29, 1.82) is 0 Å². The second-order valence-corrected chi connectivity index (χ2v) is 7.34. The van der Waals surface area contributed by atoms with Crippen molar-refractivity contribution >= 4 is 29.3 Å². The number of hydrazine groups is 1. The lowest BCUT2D eigenvalue weighted by atomic mass is 10.3. The minimum Gasteiger partial charge on any atom is -0.306 e. The highest BCUT2D eigenvalue weighted by Crippen LogP contribution is 2.43. The van der Waals surface area contributed by atoms with Crippen LogP contribution in [0, 0.1) is 12.7 Å². The number of halogens is 1. The zero-order valence-electron chi connectivity index (χ0n) is 10.6. The van der Waals surface area contributed by atoms with Gasteiger partial charge in [-0.1, -0.05) is 13.8 Å². The third-order valence-electron chi connectivity index (χ3n) is 3.01. The first-order chi connectivity index (χ1) is 8.52. The number of aryl methyl sites for hydroxylation is 1. The van der Waals surface area contributed by atoms with Gasteiger partial charge in [0.1, 0.15) is 5.82 Å². The van der Waals surface area contributed by atoms with E-state index in [2.05, 4.69) is 29.2 Å². The molecule has 3 N–H and O–H groups in total. The predicted octanol–water partition coefficient (Wildman–Crippen LogP) is 2.51. The van der Waals surface area contributed by atoms with Crippen LogP contribution in [0.1, 0.15) is 30.6 Å². The van der Waals surface area contributed by atoms with Crippen LogP contribution in [0.5, 0.6) is 0 Å². The molecule has 0 radical (unpaired) electrons. The fourth-order valence-electron chi connectivity index (χ4n) is 1.74. The summed E-state index contributed by atoms with van der Waals surface area (Å²) in [4.78, 5) is 8.43. The van der Waals surface area contributed by atoms with E-state index in [4.69, 9.17) is 5.84 Å². The van der Waals surface area contributed by atoms with Crippen molar-refractivity contribution in [2.75, 3.05) is 11.2 Å². The van der Waals surface area contributed by atoms with Crippen LogP contribution in [0.15, 0.2) is 0 Å². The van der Waals surface area contributed by atoms with Crippen molar-refractivity contribution in [1.82, 2.24) is 9.97 Å². The number of aromatic nitrogens is 2.